The first-order valence-corrected chi connectivity index (χ1v) is 7.55. The Balaban J connectivity index is 2.80. The van der Waals surface area contributed by atoms with E-state index in [4.69, 9.17) is 5.11 Å². The lowest BCUT2D eigenvalue weighted by Gasteiger charge is -2.29. The average molecular weight is 284 g/mol. The van der Waals surface area contributed by atoms with E-state index in [-0.39, 0.29) is 12.0 Å². The van der Waals surface area contributed by atoms with E-state index < -0.39 is 0 Å². The summed E-state index contributed by atoms with van der Waals surface area (Å²) in [7, 11) is 0. The van der Waals surface area contributed by atoms with Crippen molar-refractivity contribution in [2.75, 3.05) is 6.61 Å². The monoisotopic (exact) mass is 284 g/mol. The summed E-state index contributed by atoms with van der Waals surface area (Å²) in [6, 6.07) is 0. The van der Waals surface area contributed by atoms with Gasteiger partial charge in [0.2, 0.25) is 0 Å². The van der Waals surface area contributed by atoms with Crippen LogP contribution in [0.2, 0.25) is 0 Å². The lowest BCUT2D eigenvalue weighted by molar-refractivity contribution is 0.342. The van der Waals surface area contributed by atoms with E-state index in [1.165, 1.54) is 16.7 Å². The first-order valence-electron chi connectivity index (χ1n) is 7.55. The summed E-state index contributed by atoms with van der Waals surface area (Å²) in [4.78, 5) is 0. The molecule has 0 aromatic heterocycles. The molecule has 0 saturated heterocycles. The van der Waals surface area contributed by atoms with E-state index in [0.29, 0.717) is 0 Å². The van der Waals surface area contributed by atoms with Crippen molar-refractivity contribution in [3.05, 3.63) is 70.9 Å². The molecule has 1 N–H and O–H groups in total. The molecule has 0 radical (unpaired) electrons. The standard InChI is InChI=1S/C20H28O/c1-16(8-6-9-17(2)13-15-21)11-12-19-18(3)10-7-14-20(19,4)5/h6-13,21H,14-15H2,1-5H3. The Bertz CT molecular complexity index is 534. The van der Waals surface area contributed by atoms with Crippen molar-refractivity contribution in [1.82, 2.24) is 0 Å². The fraction of sp³-hybridized carbons (Fsp3) is 0.400. The van der Waals surface area contributed by atoms with Crippen LogP contribution in [0.25, 0.3) is 0 Å². The van der Waals surface area contributed by atoms with Gasteiger partial charge in [-0.1, -0.05) is 73.6 Å². The Hall–Kier alpha value is -1.60. The Morgan fingerprint density at radius 2 is 1.95 bits per heavy atom. The van der Waals surface area contributed by atoms with E-state index in [1.54, 1.807) is 6.08 Å². The zero-order valence-electron chi connectivity index (χ0n) is 14.0. The van der Waals surface area contributed by atoms with Crippen LogP contribution in [-0.4, -0.2) is 11.7 Å². The van der Waals surface area contributed by atoms with Gasteiger partial charge in [0.25, 0.3) is 0 Å². The van der Waals surface area contributed by atoms with E-state index in [1.807, 2.05) is 19.1 Å². The quantitative estimate of drug-likeness (QED) is 0.680. The second kappa shape index (κ2) is 7.99. The molecule has 1 nitrogen and oxygen atoms in total. The van der Waals surface area contributed by atoms with Crippen LogP contribution >= 0.6 is 0 Å². The van der Waals surface area contributed by atoms with Gasteiger partial charge in [-0.15, -0.1) is 0 Å². The fourth-order valence-electron chi connectivity index (χ4n) is 2.45. The van der Waals surface area contributed by atoms with Crippen molar-refractivity contribution in [3.63, 3.8) is 0 Å². The van der Waals surface area contributed by atoms with Crippen molar-refractivity contribution in [2.24, 2.45) is 5.41 Å². The molecule has 1 aliphatic carbocycles. The molecular weight excluding hydrogens is 256 g/mol. The summed E-state index contributed by atoms with van der Waals surface area (Å²) < 4.78 is 0. The third-order valence-electron chi connectivity index (χ3n) is 3.79. The number of aliphatic hydroxyl groups is 1. The number of rotatable bonds is 5. The molecule has 0 atom stereocenters. The fourth-order valence-corrected chi connectivity index (χ4v) is 2.45. The highest BCUT2D eigenvalue weighted by Gasteiger charge is 2.23. The highest BCUT2D eigenvalue weighted by molar-refractivity contribution is 5.42. The second-order valence-electron chi connectivity index (χ2n) is 6.32. The van der Waals surface area contributed by atoms with Crippen LogP contribution in [0.5, 0.6) is 0 Å². The first kappa shape index (κ1) is 17.5. The van der Waals surface area contributed by atoms with Gasteiger partial charge < -0.3 is 5.11 Å². The van der Waals surface area contributed by atoms with Gasteiger partial charge in [-0.2, -0.15) is 0 Å². The molecule has 114 valence electrons. The molecule has 0 heterocycles. The summed E-state index contributed by atoms with van der Waals surface area (Å²) >= 11 is 0. The number of hydrogen-bond acceptors (Lipinski definition) is 1. The molecule has 0 saturated carbocycles. The lowest BCUT2D eigenvalue weighted by atomic mass is 9.75. The van der Waals surface area contributed by atoms with Crippen LogP contribution in [0.3, 0.4) is 0 Å². The van der Waals surface area contributed by atoms with E-state index in [0.717, 1.165) is 12.0 Å². The minimum Gasteiger partial charge on any atom is -0.392 e. The van der Waals surface area contributed by atoms with Gasteiger partial charge in [0.1, 0.15) is 0 Å². The van der Waals surface area contributed by atoms with Gasteiger partial charge in [-0.05, 0) is 43.8 Å². The average Bonchev–Trinajstić information content (AvgIpc) is 2.37. The molecule has 0 aliphatic heterocycles. The maximum atomic E-state index is 8.80. The molecule has 1 rings (SSSR count). The summed E-state index contributed by atoms with van der Waals surface area (Å²) in [5, 5.41) is 8.80. The zero-order valence-corrected chi connectivity index (χ0v) is 14.0. The van der Waals surface area contributed by atoms with E-state index in [9.17, 15) is 0 Å². The molecule has 0 spiro atoms. The molecule has 0 fully saturated rings. The maximum absolute atomic E-state index is 8.80. The zero-order chi connectivity index (χ0) is 15.9. The van der Waals surface area contributed by atoms with Crippen molar-refractivity contribution in [2.45, 2.75) is 41.0 Å². The first-order chi connectivity index (χ1) is 9.86. The summed E-state index contributed by atoms with van der Waals surface area (Å²) in [6.07, 6.45) is 17.9. The Kier molecular flexibility index (Phi) is 6.64. The van der Waals surface area contributed by atoms with Crippen molar-refractivity contribution >= 4 is 0 Å². The normalized spacial score (nSPS) is 20.1. The molecular formula is C20H28O. The molecule has 1 heteroatoms. The smallest absolute Gasteiger partial charge is 0.0617 e. The van der Waals surface area contributed by atoms with Gasteiger partial charge in [-0.3, -0.25) is 0 Å². The molecule has 0 amide bonds. The summed E-state index contributed by atoms with van der Waals surface area (Å²) in [5.41, 5.74) is 5.27. The Labute approximate surface area is 129 Å². The van der Waals surface area contributed by atoms with Gasteiger partial charge >= 0.3 is 0 Å². The minimum absolute atomic E-state index is 0.0921. The third-order valence-corrected chi connectivity index (χ3v) is 3.79. The van der Waals surface area contributed by atoms with Gasteiger partial charge in [0, 0.05) is 0 Å². The molecule has 0 unspecified atom stereocenters. The highest BCUT2D eigenvalue weighted by atomic mass is 16.2. The van der Waals surface area contributed by atoms with Crippen molar-refractivity contribution < 1.29 is 5.11 Å². The largest absolute Gasteiger partial charge is 0.392 e. The summed E-state index contributed by atoms with van der Waals surface area (Å²) in [5.74, 6) is 0. The van der Waals surface area contributed by atoms with Crippen molar-refractivity contribution in [1.29, 1.82) is 0 Å². The molecule has 21 heavy (non-hydrogen) atoms. The van der Waals surface area contributed by atoms with Crippen LogP contribution in [-0.2, 0) is 0 Å². The van der Waals surface area contributed by atoms with Crippen LogP contribution in [0, 0.1) is 5.41 Å². The van der Waals surface area contributed by atoms with Crippen LogP contribution in [0.4, 0.5) is 0 Å². The Morgan fingerprint density at radius 1 is 1.24 bits per heavy atom. The molecule has 1 aliphatic rings. The third kappa shape index (κ3) is 5.73. The maximum Gasteiger partial charge on any atom is 0.0617 e. The van der Waals surface area contributed by atoms with E-state index in [2.05, 4.69) is 58.1 Å². The minimum atomic E-state index is 0.0921. The molecule has 0 bridgehead atoms. The predicted molar refractivity (Wildman–Crippen MR) is 93.1 cm³/mol. The predicted octanol–water partition coefficient (Wildman–Crippen LogP) is 5.29. The molecule has 0 aromatic carbocycles. The van der Waals surface area contributed by atoms with E-state index >= 15 is 0 Å². The van der Waals surface area contributed by atoms with Crippen LogP contribution < -0.4 is 0 Å². The van der Waals surface area contributed by atoms with Gasteiger partial charge in [0.15, 0.2) is 0 Å². The van der Waals surface area contributed by atoms with Gasteiger partial charge in [-0.25, -0.2) is 0 Å². The lowest BCUT2D eigenvalue weighted by Crippen LogP contribution is -2.16. The number of hydrogen-bond donors (Lipinski definition) is 1. The van der Waals surface area contributed by atoms with Gasteiger partial charge in [0.05, 0.1) is 6.61 Å². The van der Waals surface area contributed by atoms with Crippen LogP contribution in [0.15, 0.2) is 70.9 Å². The number of aliphatic hydroxyl groups excluding tert-OH is 1. The van der Waals surface area contributed by atoms with Crippen LogP contribution in [0.1, 0.15) is 41.0 Å². The summed E-state index contributed by atoms with van der Waals surface area (Å²) in [6.45, 7) is 10.9. The highest BCUT2D eigenvalue weighted by Crippen LogP contribution is 2.37. The number of allylic oxidation sites excluding steroid dienone is 11. The Morgan fingerprint density at radius 3 is 2.57 bits per heavy atom. The topological polar surface area (TPSA) is 20.2 Å². The SMILES string of the molecule is CC(C=CC1=C(C)C=CCC1(C)C)=CC=CC(C)=CCO. The molecule has 0 aromatic rings. The van der Waals surface area contributed by atoms with Crippen molar-refractivity contribution in [3.8, 4) is 0 Å². The second-order valence-corrected chi connectivity index (χ2v) is 6.32.